The van der Waals surface area contributed by atoms with Gasteiger partial charge in [-0.05, 0) is 49.6 Å². The average Bonchev–Trinajstić information content (AvgIpc) is 3.06. The summed E-state index contributed by atoms with van der Waals surface area (Å²) in [5.74, 6) is -0.157. The number of rotatable bonds is 4. The van der Waals surface area contributed by atoms with E-state index in [-0.39, 0.29) is 5.91 Å². The normalized spacial score (nSPS) is 18.1. The summed E-state index contributed by atoms with van der Waals surface area (Å²) in [6.07, 6.45) is 5.10. The fourth-order valence-electron chi connectivity index (χ4n) is 2.79. The Labute approximate surface area is 130 Å². The van der Waals surface area contributed by atoms with Crippen molar-refractivity contribution in [3.05, 3.63) is 47.8 Å². The molecule has 1 atom stereocenters. The molecule has 116 valence electrons. The highest BCUT2D eigenvalue weighted by atomic mass is 16.1. The van der Waals surface area contributed by atoms with Crippen molar-refractivity contribution in [2.45, 2.75) is 32.2 Å². The van der Waals surface area contributed by atoms with Crippen molar-refractivity contribution in [2.24, 2.45) is 0 Å². The summed E-state index contributed by atoms with van der Waals surface area (Å²) in [6.45, 7) is 4.08. The molecule has 1 unspecified atom stereocenters. The molecule has 0 bridgehead atoms. The van der Waals surface area contributed by atoms with E-state index in [0.29, 0.717) is 11.7 Å². The van der Waals surface area contributed by atoms with Gasteiger partial charge in [-0.2, -0.15) is 5.10 Å². The van der Waals surface area contributed by atoms with E-state index < -0.39 is 0 Å². The van der Waals surface area contributed by atoms with Crippen LogP contribution in [0.2, 0.25) is 0 Å². The number of hydrogen-bond donors (Lipinski definition) is 2. The van der Waals surface area contributed by atoms with Gasteiger partial charge in [-0.3, -0.25) is 9.48 Å². The number of amides is 1. The zero-order chi connectivity index (χ0) is 15.4. The van der Waals surface area contributed by atoms with Crippen LogP contribution in [0.5, 0.6) is 0 Å². The number of piperidine rings is 1. The highest BCUT2D eigenvalue weighted by Gasteiger charge is 2.17. The van der Waals surface area contributed by atoms with E-state index in [0.717, 1.165) is 38.0 Å². The van der Waals surface area contributed by atoms with Crippen molar-refractivity contribution in [2.75, 3.05) is 18.4 Å². The summed E-state index contributed by atoms with van der Waals surface area (Å²) in [5, 5.41) is 10.7. The van der Waals surface area contributed by atoms with Crippen LogP contribution in [0.4, 0.5) is 5.69 Å². The summed E-state index contributed by atoms with van der Waals surface area (Å²) >= 11 is 0. The first-order valence-electron chi connectivity index (χ1n) is 7.92. The molecule has 5 heteroatoms. The average molecular weight is 298 g/mol. The van der Waals surface area contributed by atoms with Gasteiger partial charge in [-0.1, -0.05) is 19.1 Å². The van der Waals surface area contributed by atoms with Crippen LogP contribution < -0.4 is 10.6 Å². The van der Waals surface area contributed by atoms with E-state index in [9.17, 15) is 4.79 Å². The second-order valence-electron chi connectivity index (χ2n) is 5.69. The molecule has 22 heavy (non-hydrogen) atoms. The molecule has 2 heterocycles. The summed E-state index contributed by atoms with van der Waals surface area (Å²) in [4.78, 5) is 12.3. The highest BCUT2D eigenvalue weighted by molar-refractivity contribution is 6.02. The lowest BCUT2D eigenvalue weighted by atomic mass is 10.1. The topological polar surface area (TPSA) is 59.0 Å². The molecule has 0 saturated carbocycles. The zero-order valence-corrected chi connectivity index (χ0v) is 12.9. The minimum absolute atomic E-state index is 0.157. The summed E-state index contributed by atoms with van der Waals surface area (Å²) in [6, 6.07) is 10.0. The molecule has 1 aliphatic heterocycles. The summed E-state index contributed by atoms with van der Waals surface area (Å²) in [5.41, 5.74) is 2.49. The molecular weight excluding hydrogens is 276 g/mol. The Morgan fingerprint density at radius 2 is 2.36 bits per heavy atom. The largest absolute Gasteiger partial charge is 0.321 e. The molecule has 0 aliphatic carbocycles. The highest BCUT2D eigenvalue weighted by Crippen LogP contribution is 2.17. The third-order valence-corrected chi connectivity index (χ3v) is 4.08. The lowest BCUT2D eigenvalue weighted by Gasteiger charge is -2.22. The first-order valence-corrected chi connectivity index (χ1v) is 7.92. The standard InChI is InChI=1S/C17H22N4O/c1-2-13-5-3-6-14(11-13)19-17(22)16-8-10-21(20-16)15-7-4-9-18-12-15/h3,5-6,8,10-11,15,18H,2,4,7,9,12H2,1H3,(H,19,22). The SMILES string of the molecule is CCc1cccc(NC(=O)c2ccn(C3CCCNC3)n2)c1. The van der Waals surface area contributed by atoms with Gasteiger partial charge in [0.05, 0.1) is 6.04 Å². The Hall–Kier alpha value is -2.14. The Morgan fingerprint density at radius 3 is 3.14 bits per heavy atom. The first kappa shape index (κ1) is 14.8. The molecule has 0 spiro atoms. The number of aromatic nitrogens is 2. The summed E-state index contributed by atoms with van der Waals surface area (Å²) < 4.78 is 1.91. The maximum atomic E-state index is 12.3. The van der Waals surface area contributed by atoms with E-state index >= 15 is 0 Å². The number of carbonyl (C=O) groups is 1. The second kappa shape index (κ2) is 6.75. The minimum atomic E-state index is -0.157. The van der Waals surface area contributed by atoms with Crippen LogP contribution in [-0.4, -0.2) is 28.8 Å². The Balaban J connectivity index is 1.68. The van der Waals surface area contributed by atoms with Gasteiger partial charge in [0, 0.05) is 18.4 Å². The van der Waals surface area contributed by atoms with E-state index in [1.54, 1.807) is 6.07 Å². The van der Waals surface area contributed by atoms with Crippen LogP contribution in [0.15, 0.2) is 36.5 Å². The van der Waals surface area contributed by atoms with E-state index in [1.165, 1.54) is 5.56 Å². The number of nitrogens with one attached hydrogen (secondary N) is 2. The predicted octanol–water partition coefficient (Wildman–Crippen LogP) is 2.62. The molecule has 1 saturated heterocycles. The Bertz CT molecular complexity index is 644. The second-order valence-corrected chi connectivity index (χ2v) is 5.69. The monoisotopic (exact) mass is 298 g/mol. The molecule has 0 radical (unpaired) electrons. The van der Waals surface area contributed by atoms with Crippen LogP contribution in [0, 0.1) is 0 Å². The fourth-order valence-corrected chi connectivity index (χ4v) is 2.79. The first-order chi connectivity index (χ1) is 10.8. The van der Waals surface area contributed by atoms with Crippen molar-refractivity contribution in [3.8, 4) is 0 Å². The molecule has 3 rings (SSSR count). The molecule has 1 aromatic carbocycles. The van der Waals surface area contributed by atoms with Gasteiger partial charge < -0.3 is 10.6 Å². The van der Waals surface area contributed by atoms with Crippen molar-refractivity contribution in [3.63, 3.8) is 0 Å². The molecule has 2 N–H and O–H groups in total. The van der Waals surface area contributed by atoms with Crippen LogP contribution in [0.1, 0.15) is 41.9 Å². The van der Waals surface area contributed by atoms with Gasteiger partial charge >= 0.3 is 0 Å². The van der Waals surface area contributed by atoms with E-state index in [2.05, 4.69) is 28.7 Å². The quantitative estimate of drug-likeness (QED) is 0.912. The number of nitrogens with zero attached hydrogens (tertiary/aromatic N) is 2. The molecular formula is C17H22N4O. The lowest BCUT2D eigenvalue weighted by Crippen LogP contribution is -2.32. The molecule has 1 fully saturated rings. The van der Waals surface area contributed by atoms with Gasteiger partial charge in [0.1, 0.15) is 0 Å². The summed E-state index contributed by atoms with van der Waals surface area (Å²) in [7, 11) is 0. The number of aryl methyl sites for hydroxylation is 1. The van der Waals surface area contributed by atoms with Gasteiger partial charge in [0.15, 0.2) is 5.69 Å². The smallest absolute Gasteiger partial charge is 0.276 e. The number of benzene rings is 1. The molecule has 2 aromatic rings. The number of carbonyl (C=O) groups excluding carboxylic acids is 1. The maximum absolute atomic E-state index is 12.3. The lowest BCUT2D eigenvalue weighted by molar-refractivity contribution is 0.102. The molecule has 1 amide bonds. The van der Waals surface area contributed by atoms with Crippen molar-refractivity contribution >= 4 is 11.6 Å². The maximum Gasteiger partial charge on any atom is 0.276 e. The fraction of sp³-hybridized carbons (Fsp3) is 0.412. The van der Waals surface area contributed by atoms with E-state index in [1.807, 2.05) is 29.1 Å². The van der Waals surface area contributed by atoms with Crippen LogP contribution in [0.25, 0.3) is 0 Å². The Morgan fingerprint density at radius 1 is 1.45 bits per heavy atom. The van der Waals surface area contributed by atoms with Gasteiger partial charge in [-0.15, -0.1) is 0 Å². The van der Waals surface area contributed by atoms with Crippen LogP contribution in [0.3, 0.4) is 0 Å². The van der Waals surface area contributed by atoms with Gasteiger partial charge in [0.25, 0.3) is 5.91 Å². The Kier molecular flexibility index (Phi) is 4.53. The van der Waals surface area contributed by atoms with Gasteiger partial charge in [-0.25, -0.2) is 0 Å². The zero-order valence-electron chi connectivity index (χ0n) is 12.9. The van der Waals surface area contributed by atoms with Crippen LogP contribution in [-0.2, 0) is 6.42 Å². The molecule has 5 nitrogen and oxygen atoms in total. The van der Waals surface area contributed by atoms with Gasteiger partial charge in [0.2, 0.25) is 0 Å². The number of hydrogen-bond acceptors (Lipinski definition) is 3. The van der Waals surface area contributed by atoms with Crippen LogP contribution >= 0.6 is 0 Å². The predicted molar refractivity (Wildman–Crippen MR) is 87.1 cm³/mol. The van der Waals surface area contributed by atoms with Crippen molar-refractivity contribution in [1.29, 1.82) is 0 Å². The van der Waals surface area contributed by atoms with Crippen molar-refractivity contribution < 1.29 is 4.79 Å². The third-order valence-electron chi connectivity index (χ3n) is 4.08. The van der Waals surface area contributed by atoms with Crippen molar-refractivity contribution in [1.82, 2.24) is 15.1 Å². The van der Waals surface area contributed by atoms with E-state index in [4.69, 9.17) is 0 Å². The molecule has 1 aromatic heterocycles. The minimum Gasteiger partial charge on any atom is -0.321 e. The number of anilines is 1. The third kappa shape index (κ3) is 3.36. The molecule has 1 aliphatic rings.